The van der Waals surface area contributed by atoms with Gasteiger partial charge in [0.25, 0.3) is 0 Å². The summed E-state index contributed by atoms with van der Waals surface area (Å²) in [6.07, 6.45) is 7.70. The number of benzene rings is 3. The van der Waals surface area contributed by atoms with E-state index in [1.54, 1.807) is 12.1 Å². The Morgan fingerprint density at radius 1 is 0.909 bits per heavy atom. The number of fused-ring (bicyclic) bond motifs is 4. The first-order valence-electron chi connectivity index (χ1n) is 10.7. The predicted molar refractivity (Wildman–Crippen MR) is 137 cm³/mol. The summed E-state index contributed by atoms with van der Waals surface area (Å²) in [6, 6.07) is 21.4. The van der Waals surface area contributed by atoms with Gasteiger partial charge in [0.15, 0.2) is 0 Å². The maximum Gasteiger partial charge on any atom is 0.488 e. The molecule has 5 nitrogen and oxygen atoms in total. The van der Waals surface area contributed by atoms with E-state index >= 15 is 0 Å². The molecule has 160 valence electrons. The highest BCUT2D eigenvalue weighted by molar-refractivity contribution is 6.59. The Morgan fingerprint density at radius 3 is 2.39 bits per heavy atom. The number of para-hydroxylation sites is 2. The van der Waals surface area contributed by atoms with E-state index in [9.17, 15) is 10.0 Å². The first kappa shape index (κ1) is 20.9. The first-order valence-corrected chi connectivity index (χ1v) is 10.7. The molecule has 2 aromatic heterocycles. The predicted octanol–water partition coefficient (Wildman–Crippen LogP) is 4.55. The van der Waals surface area contributed by atoms with Crippen molar-refractivity contribution < 1.29 is 10.0 Å². The van der Waals surface area contributed by atoms with Crippen LogP contribution in [0.5, 0.6) is 0 Å². The summed E-state index contributed by atoms with van der Waals surface area (Å²) in [4.78, 5) is 9.94. The van der Waals surface area contributed by atoms with Crippen molar-refractivity contribution in [1.82, 2.24) is 14.5 Å². The molecule has 3 aromatic carbocycles. The Bertz CT molecular complexity index is 1580. The third-order valence-electron chi connectivity index (χ3n) is 5.70. The van der Waals surface area contributed by atoms with E-state index in [-0.39, 0.29) is 0 Å². The number of aromatic nitrogens is 3. The summed E-state index contributed by atoms with van der Waals surface area (Å²) in [5, 5.41) is 22.3. The fourth-order valence-corrected chi connectivity index (χ4v) is 4.27. The summed E-state index contributed by atoms with van der Waals surface area (Å²) in [7, 11) is -1.53. The van der Waals surface area contributed by atoms with Crippen LogP contribution in [-0.4, -0.2) is 31.7 Å². The Balaban J connectivity index is 1.89. The lowest BCUT2D eigenvalue weighted by atomic mass is 9.80. The molecule has 0 saturated carbocycles. The van der Waals surface area contributed by atoms with Crippen molar-refractivity contribution in [2.24, 2.45) is 0 Å². The van der Waals surface area contributed by atoms with Crippen LogP contribution >= 0.6 is 0 Å². The lowest BCUT2D eigenvalue weighted by Crippen LogP contribution is -2.29. The molecule has 0 unspecified atom stereocenters. The zero-order valence-electron chi connectivity index (χ0n) is 18.2. The Morgan fingerprint density at radius 2 is 1.64 bits per heavy atom. The summed E-state index contributed by atoms with van der Waals surface area (Å²) in [5.74, 6) is 0.548. The van der Waals surface area contributed by atoms with Crippen molar-refractivity contribution >= 4 is 50.9 Å². The maximum absolute atomic E-state index is 9.70. The SMILES string of the molecule is C=C/C=C(\C=C/C)c1nc(-n2c3ccccc3c3cc(B(O)O)ccc32)nc2ccccc12. The van der Waals surface area contributed by atoms with Gasteiger partial charge in [-0.15, -0.1) is 0 Å². The molecule has 0 amide bonds. The smallest absolute Gasteiger partial charge is 0.423 e. The molecular weight excluding hydrogens is 409 g/mol. The van der Waals surface area contributed by atoms with Crippen LogP contribution in [0.4, 0.5) is 0 Å². The molecule has 2 heterocycles. The molecule has 0 spiro atoms. The summed E-state index contributed by atoms with van der Waals surface area (Å²) in [5.41, 5.74) is 4.88. The minimum atomic E-state index is -1.53. The standard InChI is InChI=1S/C27H22BN3O2/c1-3-9-18(10-4-2)26-21-12-5-7-13-23(21)29-27(30-26)31-24-14-8-6-11-20(24)22-17-19(28(32)33)15-16-25(22)31/h3-17,32-33H,1H2,2H3/b10-4-,18-9+. The molecule has 0 radical (unpaired) electrons. The van der Waals surface area contributed by atoms with Gasteiger partial charge in [-0.25, -0.2) is 9.97 Å². The van der Waals surface area contributed by atoms with Crippen LogP contribution in [0.2, 0.25) is 0 Å². The Hall–Kier alpha value is -4.00. The van der Waals surface area contributed by atoms with E-state index < -0.39 is 7.12 Å². The topological polar surface area (TPSA) is 71.2 Å². The van der Waals surface area contributed by atoms with Gasteiger partial charge in [-0.3, -0.25) is 4.57 Å². The van der Waals surface area contributed by atoms with Crippen molar-refractivity contribution in [1.29, 1.82) is 0 Å². The number of hydrogen-bond acceptors (Lipinski definition) is 4. The average molecular weight is 431 g/mol. The van der Waals surface area contributed by atoms with Gasteiger partial charge >= 0.3 is 7.12 Å². The van der Waals surface area contributed by atoms with Crippen LogP contribution in [0.3, 0.4) is 0 Å². The molecule has 0 aliphatic rings. The van der Waals surface area contributed by atoms with Gasteiger partial charge in [-0.1, -0.05) is 79.4 Å². The van der Waals surface area contributed by atoms with E-state index in [2.05, 4.69) is 6.58 Å². The fourth-order valence-electron chi connectivity index (χ4n) is 4.27. The quantitative estimate of drug-likeness (QED) is 0.316. The zero-order chi connectivity index (χ0) is 22.9. The van der Waals surface area contributed by atoms with E-state index in [0.29, 0.717) is 11.4 Å². The molecule has 0 atom stereocenters. The lowest BCUT2D eigenvalue weighted by molar-refractivity contribution is 0.426. The monoisotopic (exact) mass is 431 g/mol. The van der Waals surface area contributed by atoms with Gasteiger partial charge in [-0.05, 0) is 30.6 Å². The first-order chi connectivity index (χ1) is 16.1. The van der Waals surface area contributed by atoms with Crippen LogP contribution in [0.25, 0.3) is 44.2 Å². The molecule has 0 bridgehead atoms. The molecule has 33 heavy (non-hydrogen) atoms. The molecule has 6 heteroatoms. The van der Waals surface area contributed by atoms with E-state index in [4.69, 9.17) is 9.97 Å². The third kappa shape index (κ3) is 3.55. The highest BCUT2D eigenvalue weighted by Gasteiger charge is 2.19. The highest BCUT2D eigenvalue weighted by atomic mass is 16.4. The van der Waals surface area contributed by atoms with Crippen LogP contribution in [0.15, 0.2) is 97.6 Å². The minimum absolute atomic E-state index is 0.440. The summed E-state index contributed by atoms with van der Waals surface area (Å²) in [6.45, 7) is 5.84. The molecule has 5 rings (SSSR count). The fraction of sp³-hybridized carbons (Fsp3) is 0.0370. The molecule has 2 N–H and O–H groups in total. The van der Waals surface area contributed by atoms with Gasteiger partial charge in [-0.2, -0.15) is 0 Å². The number of allylic oxidation sites excluding steroid dienone is 5. The van der Waals surface area contributed by atoms with Gasteiger partial charge < -0.3 is 10.0 Å². The number of hydrogen-bond donors (Lipinski definition) is 2. The maximum atomic E-state index is 9.70. The normalized spacial score (nSPS) is 12.3. The Kier molecular flexibility index (Phi) is 5.38. The van der Waals surface area contributed by atoms with Gasteiger partial charge in [0.05, 0.1) is 22.2 Å². The lowest BCUT2D eigenvalue weighted by Gasteiger charge is -2.12. The Labute approximate surface area is 191 Å². The van der Waals surface area contributed by atoms with Crippen LogP contribution < -0.4 is 5.46 Å². The molecule has 5 aromatic rings. The number of rotatable bonds is 5. The second kappa shape index (κ2) is 8.50. The van der Waals surface area contributed by atoms with Gasteiger partial charge in [0.1, 0.15) is 0 Å². The zero-order valence-corrected chi connectivity index (χ0v) is 18.2. The molecular formula is C27H22BN3O2. The van der Waals surface area contributed by atoms with Crippen LogP contribution in [0.1, 0.15) is 12.6 Å². The van der Waals surface area contributed by atoms with Crippen molar-refractivity contribution in [3.63, 3.8) is 0 Å². The van der Waals surface area contributed by atoms with Crippen LogP contribution in [0, 0.1) is 0 Å². The molecule has 0 aliphatic carbocycles. The molecule has 0 fully saturated rings. The molecule has 0 aliphatic heterocycles. The highest BCUT2D eigenvalue weighted by Crippen LogP contribution is 2.32. The minimum Gasteiger partial charge on any atom is -0.423 e. The van der Waals surface area contributed by atoms with Crippen molar-refractivity contribution in [2.75, 3.05) is 0 Å². The van der Waals surface area contributed by atoms with Crippen LogP contribution in [-0.2, 0) is 0 Å². The van der Waals surface area contributed by atoms with Crippen molar-refractivity contribution in [3.05, 3.63) is 103 Å². The van der Waals surface area contributed by atoms with E-state index in [0.717, 1.165) is 44.0 Å². The second-order valence-electron chi connectivity index (χ2n) is 7.75. The summed E-state index contributed by atoms with van der Waals surface area (Å²) < 4.78 is 2.02. The van der Waals surface area contributed by atoms with Crippen molar-refractivity contribution in [2.45, 2.75) is 6.92 Å². The largest absolute Gasteiger partial charge is 0.488 e. The van der Waals surface area contributed by atoms with E-state index in [1.807, 2.05) is 90.4 Å². The van der Waals surface area contributed by atoms with Gasteiger partial charge in [0, 0.05) is 21.7 Å². The summed E-state index contributed by atoms with van der Waals surface area (Å²) >= 11 is 0. The second-order valence-corrected chi connectivity index (χ2v) is 7.75. The van der Waals surface area contributed by atoms with Gasteiger partial charge in [0.2, 0.25) is 5.95 Å². The average Bonchev–Trinajstić information content (AvgIpc) is 3.17. The molecule has 0 saturated heterocycles. The van der Waals surface area contributed by atoms with Crippen molar-refractivity contribution in [3.8, 4) is 5.95 Å². The van der Waals surface area contributed by atoms with E-state index in [1.165, 1.54) is 0 Å². The number of nitrogens with zero attached hydrogens (tertiary/aromatic N) is 3. The third-order valence-corrected chi connectivity index (χ3v) is 5.70.